The smallest absolute Gasteiger partial charge is 0.137 e. The first-order valence-electron chi connectivity index (χ1n) is 6.50. The zero-order chi connectivity index (χ0) is 13.1. The molecule has 0 heterocycles. The summed E-state index contributed by atoms with van der Waals surface area (Å²) in [6.07, 6.45) is 5.10. The van der Waals surface area contributed by atoms with Gasteiger partial charge in [-0.3, -0.25) is 4.90 Å². The van der Waals surface area contributed by atoms with Gasteiger partial charge in [0.25, 0.3) is 0 Å². The van der Waals surface area contributed by atoms with E-state index in [4.69, 9.17) is 5.73 Å². The average Bonchev–Trinajstić information content (AvgIpc) is 2.88. The van der Waals surface area contributed by atoms with Crippen LogP contribution in [0.5, 0.6) is 0 Å². The van der Waals surface area contributed by atoms with E-state index in [0.717, 1.165) is 5.56 Å². The van der Waals surface area contributed by atoms with Crippen LogP contribution >= 0.6 is 15.9 Å². The van der Waals surface area contributed by atoms with E-state index < -0.39 is 0 Å². The summed E-state index contributed by atoms with van der Waals surface area (Å²) < 4.78 is 13.8. The van der Waals surface area contributed by atoms with Crippen LogP contribution in [0.15, 0.2) is 22.7 Å². The van der Waals surface area contributed by atoms with E-state index in [1.165, 1.54) is 31.7 Å². The molecule has 18 heavy (non-hydrogen) atoms. The number of hydrogen-bond donors (Lipinski definition) is 1. The average molecular weight is 315 g/mol. The maximum atomic E-state index is 13.3. The van der Waals surface area contributed by atoms with Crippen molar-refractivity contribution in [3.05, 3.63) is 34.1 Å². The third-order valence-electron chi connectivity index (χ3n) is 3.94. The lowest BCUT2D eigenvalue weighted by Crippen LogP contribution is -2.37. The zero-order valence-electron chi connectivity index (χ0n) is 10.7. The minimum absolute atomic E-state index is 0.171. The molecule has 1 aromatic carbocycles. The number of rotatable bonds is 4. The quantitative estimate of drug-likeness (QED) is 0.922. The lowest BCUT2D eigenvalue weighted by atomic mass is 10.0. The Labute approximate surface area is 116 Å². The summed E-state index contributed by atoms with van der Waals surface area (Å²) in [4.78, 5) is 2.35. The number of benzene rings is 1. The summed E-state index contributed by atoms with van der Waals surface area (Å²) in [5.74, 6) is -0.224. The SMILES string of the molecule is CN(C1CCCC1)C(CN)c1ccc(F)c(Br)c1. The van der Waals surface area contributed by atoms with E-state index in [1.807, 2.05) is 12.1 Å². The number of nitrogens with two attached hydrogens (primary N) is 1. The van der Waals surface area contributed by atoms with E-state index in [-0.39, 0.29) is 11.9 Å². The first kappa shape index (κ1) is 14.0. The molecule has 2 rings (SSSR count). The van der Waals surface area contributed by atoms with E-state index in [2.05, 4.69) is 27.9 Å². The molecule has 0 spiro atoms. The van der Waals surface area contributed by atoms with Gasteiger partial charge in [0, 0.05) is 18.6 Å². The molecule has 0 radical (unpaired) electrons. The van der Waals surface area contributed by atoms with Crippen LogP contribution in [0.1, 0.15) is 37.3 Å². The molecule has 0 bridgehead atoms. The Kier molecular flexibility index (Phi) is 4.76. The van der Waals surface area contributed by atoms with Crippen molar-refractivity contribution in [3.63, 3.8) is 0 Å². The number of nitrogens with zero attached hydrogens (tertiary/aromatic N) is 1. The molecule has 0 aliphatic heterocycles. The Hall–Kier alpha value is -0.450. The fourth-order valence-corrected chi connectivity index (χ4v) is 3.22. The summed E-state index contributed by atoms with van der Waals surface area (Å²) >= 11 is 3.24. The minimum Gasteiger partial charge on any atom is -0.329 e. The van der Waals surface area contributed by atoms with Gasteiger partial charge in [-0.2, -0.15) is 0 Å². The van der Waals surface area contributed by atoms with Crippen LogP contribution in [0.2, 0.25) is 0 Å². The fourth-order valence-electron chi connectivity index (χ4n) is 2.82. The van der Waals surface area contributed by atoms with Crippen LogP contribution in [-0.4, -0.2) is 24.5 Å². The third-order valence-corrected chi connectivity index (χ3v) is 4.55. The van der Waals surface area contributed by atoms with Gasteiger partial charge in [0.2, 0.25) is 0 Å². The molecule has 1 saturated carbocycles. The maximum absolute atomic E-state index is 13.3. The first-order chi connectivity index (χ1) is 8.63. The Morgan fingerprint density at radius 2 is 2.11 bits per heavy atom. The van der Waals surface area contributed by atoms with Gasteiger partial charge in [-0.15, -0.1) is 0 Å². The molecule has 4 heteroatoms. The standard InChI is InChI=1S/C14H20BrFN2/c1-18(11-4-2-3-5-11)14(9-17)10-6-7-13(16)12(15)8-10/h6-8,11,14H,2-5,9,17H2,1H3. The lowest BCUT2D eigenvalue weighted by molar-refractivity contribution is 0.179. The van der Waals surface area contributed by atoms with Gasteiger partial charge >= 0.3 is 0 Å². The second-order valence-electron chi connectivity index (χ2n) is 5.03. The highest BCUT2D eigenvalue weighted by Crippen LogP contribution is 2.30. The molecule has 1 aliphatic carbocycles. The summed E-state index contributed by atoms with van der Waals surface area (Å²) in [5, 5.41) is 0. The fraction of sp³-hybridized carbons (Fsp3) is 0.571. The lowest BCUT2D eigenvalue weighted by Gasteiger charge is -2.32. The molecule has 0 saturated heterocycles. The van der Waals surface area contributed by atoms with Crippen LogP contribution < -0.4 is 5.73 Å². The monoisotopic (exact) mass is 314 g/mol. The normalized spacial score (nSPS) is 18.5. The van der Waals surface area contributed by atoms with Gasteiger partial charge in [0.05, 0.1) is 4.47 Å². The summed E-state index contributed by atoms with van der Waals surface area (Å²) in [7, 11) is 2.13. The molecule has 2 N–H and O–H groups in total. The van der Waals surface area contributed by atoms with Crippen molar-refractivity contribution in [2.24, 2.45) is 5.73 Å². The number of likely N-dealkylation sites (N-methyl/N-ethyl adjacent to an activating group) is 1. The molecule has 1 atom stereocenters. The van der Waals surface area contributed by atoms with Gasteiger partial charge < -0.3 is 5.73 Å². The van der Waals surface area contributed by atoms with Gasteiger partial charge in [-0.1, -0.05) is 18.9 Å². The number of hydrogen-bond acceptors (Lipinski definition) is 2. The van der Waals surface area contributed by atoms with E-state index in [1.54, 1.807) is 0 Å². The molecule has 0 aromatic heterocycles. The van der Waals surface area contributed by atoms with Crippen LogP contribution in [-0.2, 0) is 0 Å². The first-order valence-corrected chi connectivity index (χ1v) is 7.29. The number of halogens is 2. The van der Waals surface area contributed by atoms with E-state index >= 15 is 0 Å². The third kappa shape index (κ3) is 2.92. The molecule has 1 fully saturated rings. The predicted octanol–water partition coefficient (Wildman–Crippen LogP) is 3.46. The Bertz CT molecular complexity index is 405. The van der Waals surface area contributed by atoms with Crippen LogP contribution in [0.3, 0.4) is 0 Å². The van der Waals surface area contributed by atoms with Crippen LogP contribution in [0, 0.1) is 5.82 Å². The van der Waals surface area contributed by atoms with Crippen LogP contribution in [0.4, 0.5) is 4.39 Å². The second-order valence-corrected chi connectivity index (χ2v) is 5.88. The Morgan fingerprint density at radius 3 is 2.67 bits per heavy atom. The molecule has 100 valence electrons. The topological polar surface area (TPSA) is 29.3 Å². The van der Waals surface area contributed by atoms with Crippen LogP contribution in [0.25, 0.3) is 0 Å². The summed E-state index contributed by atoms with van der Waals surface area (Å²) in [6, 6.07) is 5.97. The molecule has 1 aromatic rings. The van der Waals surface area contributed by atoms with Crippen molar-refractivity contribution in [1.82, 2.24) is 4.90 Å². The minimum atomic E-state index is -0.224. The van der Waals surface area contributed by atoms with Crippen molar-refractivity contribution < 1.29 is 4.39 Å². The highest BCUT2D eigenvalue weighted by atomic mass is 79.9. The Balaban J connectivity index is 2.18. The molecular weight excluding hydrogens is 295 g/mol. The zero-order valence-corrected chi connectivity index (χ0v) is 12.3. The highest BCUT2D eigenvalue weighted by Gasteiger charge is 2.26. The van der Waals surface area contributed by atoms with Crippen molar-refractivity contribution in [3.8, 4) is 0 Å². The van der Waals surface area contributed by atoms with Gasteiger partial charge in [-0.25, -0.2) is 4.39 Å². The molecule has 1 aliphatic rings. The molecule has 1 unspecified atom stereocenters. The van der Waals surface area contributed by atoms with Gasteiger partial charge in [0.1, 0.15) is 5.82 Å². The molecule has 0 amide bonds. The summed E-state index contributed by atoms with van der Waals surface area (Å²) in [6.45, 7) is 0.561. The maximum Gasteiger partial charge on any atom is 0.137 e. The van der Waals surface area contributed by atoms with Crippen molar-refractivity contribution >= 4 is 15.9 Å². The van der Waals surface area contributed by atoms with Crippen molar-refractivity contribution in [1.29, 1.82) is 0 Å². The molecular formula is C14H20BrFN2. The van der Waals surface area contributed by atoms with Gasteiger partial charge in [0.15, 0.2) is 0 Å². The van der Waals surface area contributed by atoms with Crippen molar-refractivity contribution in [2.45, 2.75) is 37.8 Å². The van der Waals surface area contributed by atoms with E-state index in [0.29, 0.717) is 17.1 Å². The predicted molar refractivity (Wildman–Crippen MR) is 75.9 cm³/mol. The Morgan fingerprint density at radius 1 is 1.44 bits per heavy atom. The van der Waals surface area contributed by atoms with Gasteiger partial charge in [-0.05, 0) is 53.5 Å². The largest absolute Gasteiger partial charge is 0.329 e. The highest BCUT2D eigenvalue weighted by molar-refractivity contribution is 9.10. The summed E-state index contributed by atoms with van der Waals surface area (Å²) in [5.41, 5.74) is 6.99. The van der Waals surface area contributed by atoms with Crippen molar-refractivity contribution in [2.75, 3.05) is 13.6 Å². The molecule has 2 nitrogen and oxygen atoms in total. The second kappa shape index (κ2) is 6.13. The van der Waals surface area contributed by atoms with E-state index in [9.17, 15) is 4.39 Å².